The molecule has 63 valence electrons. The monoisotopic (exact) mass is 284 g/mol. The van der Waals surface area contributed by atoms with Gasteiger partial charge in [0.15, 0.2) is 0 Å². The second kappa shape index (κ2) is 5.36. The summed E-state index contributed by atoms with van der Waals surface area (Å²) in [5, 5.41) is 0. The molecule has 5 heteroatoms. The average molecular weight is 284 g/mol. The zero-order chi connectivity index (χ0) is 8.91. The van der Waals surface area contributed by atoms with E-state index in [0.29, 0.717) is 6.54 Å². The number of nitrogens with one attached hydrogen (secondary N) is 1. The van der Waals surface area contributed by atoms with Crippen LogP contribution in [0.3, 0.4) is 0 Å². The highest BCUT2D eigenvalue weighted by atomic mass is 127. The van der Waals surface area contributed by atoms with Gasteiger partial charge in [0.2, 0.25) is 0 Å². The summed E-state index contributed by atoms with van der Waals surface area (Å²) in [4.78, 5) is 10.9. The third-order valence-corrected chi connectivity index (χ3v) is 2.42. The molecule has 3 nitrogen and oxygen atoms in total. The number of carbonyl (C=O) groups excluding carboxylic acids is 1. The standard InChI is InChI=1S/C6H12NO2.Al.HI/c1-6(2,3)9-5(8)4-7;;/h7H,4H2,1-3H3;;1H/q-1;+2;/p-1. The lowest BCUT2D eigenvalue weighted by molar-refractivity contribution is -0.153. The van der Waals surface area contributed by atoms with Crippen LogP contribution in [0.5, 0.6) is 0 Å². The van der Waals surface area contributed by atoms with Crippen LogP contribution in [0, 0.1) is 0 Å². The third kappa shape index (κ3) is 8.60. The highest BCUT2D eigenvalue weighted by Gasteiger charge is 2.15. The molecule has 0 atom stereocenters. The maximum absolute atomic E-state index is 10.9. The Kier molecular flexibility index (Phi) is 5.70. The highest BCUT2D eigenvalue weighted by Crippen LogP contribution is 2.05. The Labute approximate surface area is 84.9 Å². The second-order valence-corrected chi connectivity index (χ2v) is 5.57. The summed E-state index contributed by atoms with van der Waals surface area (Å²) >= 11 is 2.37. The summed E-state index contributed by atoms with van der Waals surface area (Å²) < 4.78 is 8.01. The fourth-order valence-corrected chi connectivity index (χ4v) is 1.40. The van der Waals surface area contributed by atoms with Crippen LogP contribution in [0.2, 0.25) is 0 Å². The number of hydrogen-bond acceptors (Lipinski definition) is 3. The van der Waals surface area contributed by atoms with Crippen LogP contribution in [0.1, 0.15) is 20.8 Å². The maximum Gasteiger partial charge on any atom is 0.426 e. The summed E-state index contributed by atoms with van der Waals surface area (Å²) in [6.07, 6.45) is 0. The van der Waals surface area contributed by atoms with Crippen molar-refractivity contribution in [2.75, 3.05) is 6.54 Å². The Morgan fingerprint density at radius 3 is 2.55 bits per heavy atom. The van der Waals surface area contributed by atoms with Crippen LogP contribution >= 0.6 is 20.3 Å². The lowest BCUT2D eigenvalue weighted by atomic mass is 10.2. The fourth-order valence-electron chi connectivity index (χ4n) is 0.499. The van der Waals surface area contributed by atoms with Crippen LogP contribution in [0.4, 0.5) is 0 Å². The van der Waals surface area contributed by atoms with Crippen molar-refractivity contribution in [3.63, 3.8) is 0 Å². The van der Waals surface area contributed by atoms with Gasteiger partial charge in [-0.1, -0.05) is 0 Å². The van der Waals surface area contributed by atoms with Gasteiger partial charge in [0.25, 0.3) is 0 Å². The molecule has 0 aliphatic heterocycles. The first-order chi connectivity index (χ1) is 4.95. The zero-order valence-corrected chi connectivity index (χ0v) is 10.3. The predicted octanol–water partition coefficient (Wildman–Crippen LogP) is 0.887. The molecule has 1 N–H and O–H groups in total. The molecule has 0 rings (SSSR count). The molecule has 0 spiro atoms. The van der Waals surface area contributed by atoms with Gasteiger partial charge in [-0.15, -0.1) is 0 Å². The van der Waals surface area contributed by atoms with Gasteiger partial charge in [-0.3, -0.25) is 4.79 Å². The molecule has 0 unspecified atom stereocenters. The van der Waals surface area contributed by atoms with E-state index in [-0.39, 0.29) is 23.7 Å². The summed E-state index contributed by atoms with van der Waals surface area (Å²) in [5.41, 5.74) is -0.362. The number of hydrogen-bond donors (Lipinski definition) is 1. The van der Waals surface area contributed by atoms with Crippen LogP contribution < -0.4 is 4.30 Å². The van der Waals surface area contributed by atoms with Crippen molar-refractivity contribution in [2.45, 2.75) is 26.4 Å². The lowest BCUT2D eigenvalue weighted by Crippen LogP contribution is -2.31. The van der Waals surface area contributed by atoms with Gasteiger partial charge in [0.05, 0.1) is 6.54 Å². The third-order valence-electron chi connectivity index (χ3n) is 0.744. The Bertz CT molecular complexity index is 135. The quantitative estimate of drug-likeness (QED) is 0.475. The van der Waals surface area contributed by atoms with E-state index in [4.69, 9.17) is 4.74 Å². The SMILES string of the molecule is CC(C)(C)OC(=O)C[NH][Al][I]. The molecule has 0 saturated carbocycles. The van der Waals surface area contributed by atoms with Crippen molar-refractivity contribution in [3.8, 4) is 0 Å². The van der Waals surface area contributed by atoms with Crippen molar-refractivity contribution in [1.29, 1.82) is 0 Å². The molecule has 0 aromatic rings. The number of ether oxygens (including phenoxy) is 1. The Hall–Kier alpha value is 0.692. The molecule has 0 aliphatic carbocycles. The number of carbonyl (C=O) groups is 1. The highest BCUT2D eigenvalue weighted by molar-refractivity contribution is 14.1. The van der Waals surface area contributed by atoms with E-state index in [9.17, 15) is 4.79 Å². The topological polar surface area (TPSA) is 38.3 Å². The lowest BCUT2D eigenvalue weighted by Gasteiger charge is -2.19. The van der Waals surface area contributed by atoms with E-state index in [1.807, 2.05) is 20.8 Å². The minimum Gasteiger partial charge on any atom is -0.459 e. The molecular formula is C6H12AlINO2. The number of halogens is 1. The Morgan fingerprint density at radius 2 is 2.18 bits per heavy atom. The van der Waals surface area contributed by atoms with E-state index in [0.717, 1.165) is 0 Å². The first kappa shape index (κ1) is 11.7. The molecule has 0 aromatic heterocycles. The van der Waals surface area contributed by atoms with Crippen LogP contribution in [-0.4, -0.2) is 30.3 Å². The molecular weight excluding hydrogens is 272 g/mol. The summed E-state index contributed by atoms with van der Waals surface area (Å²) in [6, 6.07) is 0. The van der Waals surface area contributed by atoms with Gasteiger partial charge in [-0.05, 0) is 20.8 Å². The van der Waals surface area contributed by atoms with Crippen LogP contribution in [-0.2, 0) is 9.53 Å². The fraction of sp³-hybridized carbons (Fsp3) is 0.833. The molecule has 0 saturated heterocycles. The molecule has 1 radical (unpaired) electrons. The number of esters is 1. The molecule has 0 aliphatic rings. The molecule has 0 heterocycles. The van der Waals surface area contributed by atoms with Crippen molar-refractivity contribution in [2.24, 2.45) is 0 Å². The van der Waals surface area contributed by atoms with Gasteiger partial charge >= 0.3 is 18.1 Å². The van der Waals surface area contributed by atoms with E-state index >= 15 is 0 Å². The van der Waals surface area contributed by atoms with Crippen molar-refractivity contribution in [3.05, 3.63) is 0 Å². The molecule has 0 amide bonds. The summed E-state index contributed by atoms with van der Waals surface area (Å²) in [5.74, 6) is -0.179. The van der Waals surface area contributed by atoms with Gasteiger partial charge in [-0.25, -0.2) is 0 Å². The van der Waals surface area contributed by atoms with Gasteiger partial charge in [0.1, 0.15) is 5.60 Å². The van der Waals surface area contributed by atoms with Crippen LogP contribution in [0.25, 0.3) is 0 Å². The second-order valence-electron chi connectivity index (χ2n) is 3.08. The summed E-state index contributed by atoms with van der Waals surface area (Å²) in [7, 11) is 0. The normalized spacial score (nSPS) is 10.9. The molecule has 0 bridgehead atoms. The van der Waals surface area contributed by atoms with Gasteiger partial charge in [-0.2, -0.15) is 20.3 Å². The van der Waals surface area contributed by atoms with Crippen molar-refractivity contribution >= 4 is 38.4 Å². The Morgan fingerprint density at radius 1 is 1.64 bits per heavy atom. The van der Waals surface area contributed by atoms with E-state index < -0.39 is 0 Å². The van der Waals surface area contributed by atoms with Gasteiger partial charge < -0.3 is 9.04 Å². The van der Waals surface area contributed by atoms with E-state index in [1.54, 1.807) is 0 Å². The number of rotatable bonds is 3. The minimum absolute atomic E-state index is 0.147. The van der Waals surface area contributed by atoms with E-state index in [2.05, 4.69) is 24.6 Å². The maximum atomic E-state index is 10.9. The summed E-state index contributed by atoms with van der Waals surface area (Å²) in [6.45, 7) is 5.92. The predicted molar refractivity (Wildman–Crippen MR) is 53.6 cm³/mol. The van der Waals surface area contributed by atoms with Gasteiger partial charge in [0, 0.05) is 0 Å². The molecule has 0 fully saturated rings. The average Bonchev–Trinajstić information content (AvgIpc) is 1.79. The van der Waals surface area contributed by atoms with Crippen molar-refractivity contribution < 1.29 is 9.53 Å². The van der Waals surface area contributed by atoms with Crippen LogP contribution in [0.15, 0.2) is 0 Å². The largest absolute Gasteiger partial charge is 0.459 e. The first-order valence-electron chi connectivity index (χ1n) is 3.33. The minimum atomic E-state index is -0.362. The zero-order valence-electron chi connectivity index (χ0n) is 6.98. The first-order valence-corrected chi connectivity index (χ1v) is 8.08. The Balaban J connectivity index is 3.53. The smallest absolute Gasteiger partial charge is 0.426 e. The van der Waals surface area contributed by atoms with Crippen molar-refractivity contribution in [1.82, 2.24) is 4.30 Å². The molecule has 0 aromatic carbocycles. The van der Waals surface area contributed by atoms with E-state index in [1.165, 1.54) is 0 Å². The molecule has 11 heavy (non-hydrogen) atoms.